The van der Waals surface area contributed by atoms with Crippen molar-refractivity contribution in [1.29, 1.82) is 0 Å². The Morgan fingerprint density at radius 3 is 2.64 bits per heavy atom. The van der Waals surface area contributed by atoms with Crippen LogP contribution in [0.2, 0.25) is 5.02 Å². The van der Waals surface area contributed by atoms with Crippen molar-refractivity contribution < 1.29 is 19.0 Å². The SMILES string of the molecule is O=C([C@H]1Cc2cc(Cl)ccc2O1)N1CCN(Cc2ccc3c(c2)OCO3)CC1. The van der Waals surface area contributed by atoms with Crippen LogP contribution in [0.4, 0.5) is 0 Å². The van der Waals surface area contributed by atoms with E-state index in [9.17, 15) is 4.79 Å². The fourth-order valence-electron chi connectivity index (χ4n) is 3.98. The Morgan fingerprint density at radius 2 is 1.79 bits per heavy atom. The summed E-state index contributed by atoms with van der Waals surface area (Å²) >= 11 is 6.04. The van der Waals surface area contributed by atoms with Crippen LogP contribution < -0.4 is 14.2 Å². The number of rotatable bonds is 3. The van der Waals surface area contributed by atoms with Gasteiger partial charge in [0.05, 0.1) is 0 Å². The van der Waals surface area contributed by atoms with Crippen LogP contribution in [0.15, 0.2) is 36.4 Å². The zero-order valence-corrected chi connectivity index (χ0v) is 16.2. The number of carbonyl (C=O) groups excluding carboxylic acids is 1. The number of hydrogen-bond acceptors (Lipinski definition) is 5. The summed E-state index contributed by atoms with van der Waals surface area (Å²) < 4.78 is 16.7. The normalized spacial score (nSPS) is 20.8. The summed E-state index contributed by atoms with van der Waals surface area (Å²) in [6.45, 7) is 4.22. The van der Waals surface area contributed by atoms with Crippen LogP contribution in [-0.4, -0.2) is 54.8 Å². The molecule has 0 saturated carbocycles. The second kappa shape index (κ2) is 7.18. The van der Waals surface area contributed by atoms with Gasteiger partial charge in [0.2, 0.25) is 6.79 Å². The number of nitrogens with zero attached hydrogens (tertiary/aromatic N) is 2. The fourth-order valence-corrected chi connectivity index (χ4v) is 4.18. The molecule has 0 radical (unpaired) electrons. The van der Waals surface area contributed by atoms with Gasteiger partial charge >= 0.3 is 0 Å². The third-order valence-corrected chi connectivity index (χ3v) is 5.73. The number of benzene rings is 2. The van der Waals surface area contributed by atoms with Gasteiger partial charge in [-0.15, -0.1) is 0 Å². The van der Waals surface area contributed by atoms with Gasteiger partial charge in [-0.05, 0) is 41.5 Å². The zero-order chi connectivity index (χ0) is 19.1. The zero-order valence-electron chi connectivity index (χ0n) is 15.4. The summed E-state index contributed by atoms with van der Waals surface area (Å²) in [4.78, 5) is 17.1. The first-order valence-electron chi connectivity index (χ1n) is 9.50. The molecule has 0 unspecified atom stereocenters. The van der Waals surface area contributed by atoms with E-state index in [1.54, 1.807) is 6.07 Å². The van der Waals surface area contributed by atoms with Crippen molar-refractivity contribution in [2.45, 2.75) is 19.1 Å². The van der Waals surface area contributed by atoms with E-state index >= 15 is 0 Å². The van der Waals surface area contributed by atoms with Crippen molar-refractivity contribution >= 4 is 17.5 Å². The van der Waals surface area contributed by atoms with Gasteiger partial charge in [-0.25, -0.2) is 0 Å². The lowest BCUT2D eigenvalue weighted by molar-refractivity contribution is -0.139. The minimum Gasteiger partial charge on any atom is -0.480 e. The molecule has 2 aromatic rings. The number of amides is 1. The molecule has 2 aromatic carbocycles. The van der Waals surface area contributed by atoms with E-state index in [1.807, 2.05) is 29.2 Å². The molecule has 3 aliphatic rings. The largest absolute Gasteiger partial charge is 0.480 e. The second-order valence-corrected chi connectivity index (χ2v) is 7.79. The molecule has 3 aliphatic heterocycles. The van der Waals surface area contributed by atoms with Gasteiger partial charge < -0.3 is 19.1 Å². The molecular weight excluding hydrogens is 380 g/mol. The highest BCUT2D eigenvalue weighted by atomic mass is 35.5. The highest BCUT2D eigenvalue weighted by molar-refractivity contribution is 6.30. The van der Waals surface area contributed by atoms with Gasteiger partial charge in [-0.3, -0.25) is 9.69 Å². The highest BCUT2D eigenvalue weighted by Crippen LogP contribution is 2.33. The number of carbonyl (C=O) groups is 1. The Balaban J connectivity index is 1.16. The maximum absolute atomic E-state index is 12.9. The molecule has 1 amide bonds. The van der Waals surface area contributed by atoms with Crippen LogP contribution in [0, 0.1) is 0 Å². The Morgan fingerprint density at radius 1 is 1.00 bits per heavy atom. The molecule has 1 fully saturated rings. The van der Waals surface area contributed by atoms with Crippen LogP contribution in [0.1, 0.15) is 11.1 Å². The second-order valence-electron chi connectivity index (χ2n) is 7.35. The standard InChI is InChI=1S/C21H21ClN2O4/c22-16-2-4-17-15(10-16)11-20(28-17)21(25)24-7-5-23(6-8-24)12-14-1-3-18-19(9-14)27-13-26-18/h1-4,9-10,20H,5-8,11-13H2/t20-/m1/s1. The summed E-state index contributed by atoms with van der Waals surface area (Å²) in [7, 11) is 0. The molecule has 0 aliphatic carbocycles. The first-order chi connectivity index (χ1) is 13.7. The smallest absolute Gasteiger partial charge is 0.264 e. The first kappa shape index (κ1) is 17.6. The molecule has 1 saturated heterocycles. The van der Waals surface area contributed by atoms with Crippen molar-refractivity contribution in [3.05, 3.63) is 52.5 Å². The van der Waals surface area contributed by atoms with Gasteiger partial charge in [0.15, 0.2) is 17.6 Å². The predicted molar refractivity (Wildman–Crippen MR) is 104 cm³/mol. The summed E-state index contributed by atoms with van der Waals surface area (Å²) in [5.74, 6) is 2.45. The maximum Gasteiger partial charge on any atom is 0.264 e. The monoisotopic (exact) mass is 400 g/mol. The molecule has 5 rings (SSSR count). The average Bonchev–Trinajstić information content (AvgIpc) is 3.34. The lowest BCUT2D eigenvalue weighted by atomic mass is 10.1. The number of piperazine rings is 1. The van der Waals surface area contributed by atoms with Crippen LogP contribution in [-0.2, 0) is 17.8 Å². The molecule has 1 atom stereocenters. The quantitative estimate of drug-likeness (QED) is 0.793. The van der Waals surface area contributed by atoms with Gasteiger partial charge in [0.1, 0.15) is 5.75 Å². The minimum atomic E-state index is -0.436. The van der Waals surface area contributed by atoms with Crippen molar-refractivity contribution in [3.63, 3.8) is 0 Å². The van der Waals surface area contributed by atoms with Gasteiger partial charge in [0, 0.05) is 44.2 Å². The lowest BCUT2D eigenvalue weighted by Gasteiger charge is -2.35. The van der Waals surface area contributed by atoms with E-state index in [4.69, 9.17) is 25.8 Å². The first-order valence-corrected chi connectivity index (χ1v) is 9.88. The third-order valence-electron chi connectivity index (χ3n) is 5.50. The summed E-state index contributed by atoms with van der Waals surface area (Å²) in [6, 6.07) is 11.6. The molecule has 146 valence electrons. The van der Waals surface area contributed by atoms with E-state index in [0.717, 1.165) is 42.4 Å². The van der Waals surface area contributed by atoms with Gasteiger partial charge in [0.25, 0.3) is 5.91 Å². The van der Waals surface area contributed by atoms with Crippen molar-refractivity contribution in [1.82, 2.24) is 9.80 Å². The Kier molecular flexibility index (Phi) is 4.53. The number of fused-ring (bicyclic) bond motifs is 2. The van der Waals surface area contributed by atoms with E-state index in [-0.39, 0.29) is 5.91 Å². The maximum atomic E-state index is 12.9. The molecule has 3 heterocycles. The summed E-state index contributed by atoms with van der Waals surface area (Å²) in [5.41, 5.74) is 2.20. The van der Waals surface area contributed by atoms with E-state index in [2.05, 4.69) is 11.0 Å². The number of hydrogen-bond donors (Lipinski definition) is 0. The summed E-state index contributed by atoms with van der Waals surface area (Å²) in [6.07, 6.45) is 0.153. The van der Waals surface area contributed by atoms with E-state index in [0.29, 0.717) is 31.3 Å². The fraction of sp³-hybridized carbons (Fsp3) is 0.381. The lowest BCUT2D eigenvalue weighted by Crippen LogP contribution is -2.51. The predicted octanol–water partition coefficient (Wildman–Crippen LogP) is 2.72. The topological polar surface area (TPSA) is 51.2 Å². The molecule has 6 nitrogen and oxygen atoms in total. The highest BCUT2D eigenvalue weighted by Gasteiger charge is 2.34. The Hall–Kier alpha value is -2.44. The Labute approximate surface area is 168 Å². The van der Waals surface area contributed by atoms with Crippen LogP contribution in [0.3, 0.4) is 0 Å². The third kappa shape index (κ3) is 3.38. The van der Waals surface area contributed by atoms with Crippen molar-refractivity contribution in [2.75, 3.05) is 33.0 Å². The molecule has 7 heteroatoms. The van der Waals surface area contributed by atoms with E-state index < -0.39 is 6.10 Å². The van der Waals surface area contributed by atoms with Crippen LogP contribution >= 0.6 is 11.6 Å². The van der Waals surface area contributed by atoms with E-state index in [1.165, 1.54) is 5.56 Å². The minimum absolute atomic E-state index is 0.0649. The molecule has 0 N–H and O–H groups in total. The molecular formula is C21H21ClN2O4. The van der Waals surface area contributed by atoms with Gasteiger partial charge in [-0.1, -0.05) is 17.7 Å². The number of halogens is 1. The molecule has 0 spiro atoms. The number of ether oxygens (including phenoxy) is 3. The van der Waals surface area contributed by atoms with Crippen LogP contribution in [0.5, 0.6) is 17.2 Å². The van der Waals surface area contributed by atoms with Crippen LogP contribution in [0.25, 0.3) is 0 Å². The average molecular weight is 401 g/mol. The van der Waals surface area contributed by atoms with Gasteiger partial charge in [-0.2, -0.15) is 0 Å². The molecule has 0 bridgehead atoms. The molecule has 0 aromatic heterocycles. The van der Waals surface area contributed by atoms with Crippen molar-refractivity contribution in [2.24, 2.45) is 0 Å². The van der Waals surface area contributed by atoms with Crippen molar-refractivity contribution in [3.8, 4) is 17.2 Å². The molecule has 28 heavy (non-hydrogen) atoms. The summed E-state index contributed by atoms with van der Waals surface area (Å²) in [5, 5.41) is 0.674. The Bertz CT molecular complexity index is 911.